The monoisotopic (exact) mass is 316 g/mol. The van der Waals surface area contributed by atoms with Crippen LogP contribution in [0.4, 0.5) is 0 Å². The smallest absolute Gasteiger partial charge is 0.240 e. The lowest BCUT2D eigenvalue weighted by atomic mass is 10.0. The van der Waals surface area contributed by atoms with Crippen LogP contribution in [0.5, 0.6) is 0 Å². The predicted molar refractivity (Wildman–Crippen MR) is 84.6 cm³/mol. The molecule has 0 radical (unpaired) electrons. The van der Waals surface area contributed by atoms with Crippen molar-refractivity contribution < 1.29 is 9.59 Å². The zero-order valence-corrected chi connectivity index (χ0v) is 13.1. The van der Waals surface area contributed by atoms with Gasteiger partial charge >= 0.3 is 0 Å². The lowest BCUT2D eigenvalue weighted by Gasteiger charge is -2.23. The Morgan fingerprint density at radius 1 is 1.22 bits per heavy atom. The van der Waals surface area contributed by atoms with Crippen molar-refractivity contribution in [2.45, 2.75) is 19.4 Å². The number of hydrogen-bond donors (Lipinski definition) is 3. The summed E-state index contributed by atoms with van der Waals surface area (Å²) in [7, 11) is 0. The molecule has 0 unspecified atom stereocenters. The first kappa shape index (κ1) is 16.6. The summed E-state index contributed by atoms with van der Waals surface area (Å²) >= 11 is 0. The van der Waals surface area contributed by atoms with Gasteiger partial charge in [-0.3, -0.25) is 9.59 Å². The van der Waals surface area contributed by atoms with Gasteiger partial charge in [-0.25, -0.2) is 4.68 Å². The van der Waals surface area contributed by atoms with Gasteiger partial charge in [-0.1, -0.05) is 23.4 Å². The molecule has 0 atom stereocenters. The Labute approximate surface area is 134 Å². The average Bonchev–Trinajstić information content (AvgIpc) is 3.04. The van der Waals surface area contributed by atoms with Gasteiger partial charge in [0.15, 0.2) is 0 Å². The maximum absolute atomic E-state index is 11.9. The van der Waals surface area contributed by atoms with Crippen LogP contribution >= 0.6 is 0 Å². The van der Waals surface area contributed by atoms with Gasteiger partial charge in [0.2, 0.25) is 11.8 Å². The summed E-state index contributed by atoms with van der Waals surface area (Å²) in [5, 5.41) is 13.4. The van der Waals surface area contributed by atoms with Gasteiger partial charge in [-0.2, -0.15) is 0 Å². The van der Waals surface area contributed by atoms with Gasteiger partial charge in [0.25, 0.3) is 0 Å². The van der Waals surface area contributed by atoms with E-state index in [4.69, 9.17) is 5.73 Å². The molecule has 4 N–H and O–H groups in total. The number of para-hydroxylation sites is 1. The molecule has 8 heteroatoms. The molecule has 0 aliphatic carbocycles. The lowest BCUT2D eigenvalue weighted by Crippen LogP contribution is -2.46. The number of nitrogens with one attached hydrogen (secondary N) is 2. The lowest BCUT2D eigenvalue weighted by molar-refractivity contribution is -0.126. The van der Waals surface area contributed by atoms with E-state index in [9.17, 15) is 9.59 Å². The number of nitrogens with zero attached hydrogens (tertiary/aromatic N) is 3. The normalized spacial score (nSPS) is 11.1. The molecule has 0 aliphatic heterocycles. The van der Waals surface area contributed by atoms with Crippen molar-refractivity contribution in [3.63, 3.8) is 0 Å². The predicted octanol–water partition coefficient (Wildman–Crippen LogP) is -0.306. The minimum absolute atomic E-state index is 0.133. The van der Waals surface area contributed by atoms with Crippen molar-refractivity contribution in [2.24, 2.45) is 5.73 Å². The second kappa shape index (κ2) is 7.01. The van der Waals surface area contributed by atoms with Crippen LogP contribution in [-0.4, -0.2) is 39.9 Å². The second-order valence-electron chi connectivity index (χ2n) is 5.54. The Balaban J connectivity index is 2.04. The van der Waals surface area contributed by atoms with Gasteiger partial charge in [0, 0.05) is 0 Å². The van der Waals surface area contributed by atoms with Crippen LogP contribution < -0.4 is 16.4 Å². The van der Waals surface area contributed by atoms with Crippen LogP contribution in [0.2, 0.25) is 0 Å². The summed E-state index contributed by atoms with van der Waals surface area (Å²) in [5.41, 5.74) is 5.93. The second-order valence-corrected chi connectivity index (χ2v) is 5.54. The van der Waals surface area contributed by atoms with Crippen LogP contribution in [0, 0.1) is 0 Å². The molecule has 2 aromatic rings. The van der Waals surface area contributed by atoms with Crippen LogP contribution in [0.1, 0.15) is 19.5 Å². The Morgan fingerprint density at radius 2 is 1.91 bits per heavy atom. The highest BCUT2D eigenvalue weighted by Crippen LogP contribution is 2.18. The van der Waals surface area contributed by atoms with Gasteiger partial charge in [-0.15, -0.1) is 5.10 Å². The number of carbonyl (C=O) groups excluding carboxylic acids is 2. The molecular weight excluding hydrogens is 296 g/mol. The molecule has 1 aromatic carbocycles. The third kappa shape index (κ3) is 4.36. The maximum Gasteiger partial charge on any atom is 0.240 e. The highest BCUT2D eigenvalue weighted by molar-refractivity contribution is 5.85. The number of hydrogen-bond acceptors (Lipinski definition) is 5. The first-order valence-corrected chi connectivity index (χ1v) is 7.18. The Bertz CT molecular complexity index is 680. The molecule has 1 heterocycles. The fourth-order valence-electron chi connectivity index (χ4n) is 1.96. The van der Waals surface area contributed by atoms with E-state index in [1.807, 2.05) is 44.2 Å². The van der Waals surface area contributed by atoms with Crippen molar-refractivity contribution in [1.82, 2.24) is 25.6 Å². The van der Waals surface area contributed by atoms with E-state index in [2.05, 4.69) is 20.9 Å². The summed E-state index contributed by atoms with van der Waals surface area (Å²) in [4.78, 5) is 23.0. The third-order valence-electron chi connectivity index (χ3n) is 3.24. The van der Waals surface area contributed by atoms with Crippen molar-refractivity contribution in [1.29, 1.82) is 0 Å². The quantitative estimate of drug-likeness (QED) is 0.676. The fraction of sp³-hybridized carbons (Fsp3) is 0.333. The Hall–Kier alpha value is -2.74. The van der Waals surface area contributed by atoms with Crippen LogP contribution in [-0.2, 0) is 15.1 Å². The Morgan fingerprint density at radius 3 is 2.57 bits per heavy atom. The first-order valence-electron chi connectivity index (χ1n) is 7.18. The van der Waals surface area contributed by atoms with E-state index < -0.39 is 5.54 Å². The van der Waals surface area contributed by atoms with E-state index in [1.54, 1.807) is 10.9 Å². The summed E-state index contributed by atoms with van der Waals surface area (Å²) < 4.78 is 1.64. The maximum atomic E-state index is 11.9. The molecule has 8 nitrogen and oxygen atoms in total. The minimum Gasteiger partial charge on any atom is -0.346 e. The van der Waals surface area contributed by atoms with Crippen molar-refractivity contribution in [3.05, 3.63) is 42.2 Å². The topological polar surface area (TPSA) is 115 Å². The summed E-state index contributed by atoms with van der Waals surface area (Å²) in [6.07, 6.45) is 1.76. The van der Waals surface area contributed by atoms with Crippen LogP contribution in [0.15, 0.2) is 36.5 Å². The molecule has 0 spiro atoms. The van der Waals surface area contributed by atoms with E-state index >= 15 is 0 Å². The fourth-order valence-corrected chi connectivity index (χ4v) is 1.96. The summed E-state index contributed by atoms with van der Waals surface area (Å²) in [5.74, 6) is -0.709. The van der Waals surface area contributed by atoms with Gasteiger partial charge in [0.1, 0.15) is 5.69 Å². The molecular formula is C15H20N6O2. The van der Waals surface area contributed by atoms with Crippen molar-refractivity contribution >= 4 is 11.8 Å². The molecule has 2 rings (SSSR count). The molecule has 0 bridgehead atoms. The van der Waals surface area contributed by atoms with E-state index in [-0.39, 0.29) is 24.9 Å². The highest BCUT2D eigenvalue weighted by atomic mass is 16.2. The number of benzene rings is 1. The number of rotatable bonds is 6. The van der Waals surface area contributed by atoms with Gasteiger partial charge in [-0.05, 0) is 26.0 Å². The minimum atomic E-state index is -0.725. The standard InChI is InChI=1S/C15H20N6O2/c1-15(2,18-14(23)9-17-13(22)8-16)12-10-21(20-19-12)11-6-4-3-5-7-11/h3-7,10H,8-9,16H2,1-2H3,(H,17,22)(H,18,23). The molecule has 1 aromatic heterocycles. The molecule has 0 aliphatic rings. The average molecular weight is 316 g/mol. The molecule has 122 valence electrons. The van der Waals surface area contributed by atoms with Crippen molar-refractivity contribution in [3.8, 4) is 5.69 Å². The van der Waals surface area contributed by atoms with E-state index in [0.29, 0.717) is 5.69 Å². The van der Waals surface area contributed by atoms with E-state index in [1.165, 1.54) is 0 Å². The molecule has 23 heavy (non-hydrogen) atoms. The van der Waals surface area contributed by atoms with Gasteiger partial charge < -0.3 is 16.4 Å². The summed E-state index contributed by atoms with van der Waals surface area (Å²) in [6.45, 7) is 3.35. The first-order chi connectivity index (χ1) is 10.9. The molecule has 0 saturated carbocycles. The number of aromatic nitrogens is 3. The zero-order chi connectivity index (χ0) is 16.9. The molecule has 0 fully saturated rings. The van der Waals surface area contributed by atoms with Gasteiger partial charge in [0.05, 0.1) is 30.5 Å². The number of carbonyl (C=O) groups is 2. The van der Waals surface area contributed by atoms with Crippen LogP contribution in [0.25, 0.3) is 5.69 Å². The molecule has 2 amide bonds. The highest BCUT2D eigenvalue weighted by Gasteiger charge is 2.26. The Kier molecular flexibility index (Phi) is 5.07. The summed E-state index contributed by atoms with van der Waals surface area (Å²) in [6, 6.07) is 9.55. The third-order valence-corrected chi connectivity index (χ3v) is 3.24. The largest absolute Gasteiger partial charge is 0.346 e. The number of nitrogens with two attached hydrogens (primary N) is 1. The SMILES string of the molecule is CC(C)(NC(=O)CNC(=O)CN)c1cn(-c2ccccc2)nn1. The van der Waals surface area contributed by atoms with E-state index in [0.717, 1.165) is 5.69 Å². The zero-order valence-electron chi connectivity index (χ0n) is 13.1. The van der Waals surface area contributed by atoms with Crippen molar-refractivity contribution in [2.75, 3.05) is 13.1 Å². The molecule has 0 saturated heterocycles. The number of amides is 2. The van der Waals surface area contributed by atoms with Crippen LogP contribution in [0.3, 0.4) is 0 Å².